The minimum atomic E-state index is -2.33. The van der Waals surface area contributed by atoms with Gasteiger partial charge in [-0.15, -0.1) is 0 Å². The fourth-order valence-electron chi connectivity index (χ4n) is 9.50. The molecule has 8 rings (SSSR count). The summed E-state index contributed by atoms with van der Waals surface area (Å²) in [5.41, 5.74) is 15.1. The quantitative estimate of drug-likeness (QED) is 0.0974. The Morgan fingerprint density at radius 1 is 0.686 bits per heavy atom. The normalized spacial score (nSPS) is 16.2. The Morgan fingerprint density at radius 2 is 1.27 bits per heavy atom. The first-order chi connectivity index (χ1) is 24.7. The van der Waals surface area contributed by atoms with E-state index in [2.05, 4.69) is 130 Å². The van der Waals surface area contributed by atoms with Gasteiger partial charge < -0.3 is 9.30 Å². The van der Waals surface area contributed by atoms with E-state index in [4.69, 9.17) is 4.74 Å². The number of fused-ring (bicyclic) bond motifs is 8. The molecule has 0 amide bonds. The highest BCUT2D eigenvalue weighted by molar-refractivity contribution is 6.83. The van der Waals surface area contributed by atoms with Crippen LogP contribution in [-0.4, -0.2) is 24.8 Å². The van der Waals surface area contributed by atoms with Crippen LogP contribution in [0.2, 0.25) is 12.6 Å². The molecular formula is C47H50FNOSi. The maximum absolute atomic E-state index is 15.3. The summed E-state index contributed by atoms with van der Waals surface area (Å²) in [5, 5.41) is 1.33. The number of hydrogen-bond acceptors (Lipinski definition) is 1. The van der Waals surface area contributed by atoms with E-state index in [1.165, 1.54) is 86.4 Å². The molecule has 2 aliphatic carbocycles. The topological polar surface area (TPSA) is 14.2 Å². The van der Waals surface area contributed by atoms with Crippen LogP contribution in [0.1, 0.15) is 90.9 Å². The van der Waals surface area contributed by atoms with Crippen molar-refractivity contribution in [3.63, 3.8) is 0 Å². The minimum absolute atomic E-state index is 0.0911. The van der Waals surface area contributed by atoms with Crippen molar-refractivity contribution in [2.24, 2.45) is 0 Å². The Morgan fingerprint density at radius 3 is 1.94 bits per heavy atom. The van der Waals surface area contributed by atoms with Crippen LogP contribution in [-0.2, 0) is 11.3 Å². The second-order valence-electron chi connectivity index (χ2n) is 16.2. The van der Waals surface area contributed by atoms with E-state index in [-0.39, 0.29) is 11.4 Å². The van der Waals surface area contributed by atoms with Crippen molar-refractivity contribution in [2.75, 3.05) is 6.61 Å². The van der Waals surface area contributed by atoms with Crippen molar-refractivity contribution < 1.29 is 9.13 Å². The summed E-state index contributed by atoms with van der Waals surface area (Å²) in [6.07, 6.45) is 4.71. The van der Waals surface area contributed by atoms with Crippen molar-refractivity contribution in [2.45, 2.75) is 89.2 Å². The molecule has 0 radical (unpaired) electrons. The maximum atomic E-state index is 15.3. The fraction of sp³-hybridized carbons (Fsp3) is 0.319. The smallest absolute Gasteiger partial charge is 0.128 e. The highest BCUT2D eigenvalue weighted by Crippen LogP contribution is 2.60. The lowest BCUT2D eigenvalue weighted by molar-refractivity contribution is -0.00471. The molecular weight excluding hydrogens is 642 g/mol. The van der Waals surface area contributed by atoms with Gasteiger partial charge in [-0.25, -0.2) is 4.39 Å². The fourth-order valence-corrected chi connectivity index (χ4v) is 15.3. The second-order valence-corrected chi connectivity index (χ2v) is 20.9. The van der Waals surface area contributed by atoms with Crippen molar-refractivity contribution in [1.82, 2.24) is 4.57 Å². The molecule has 5 aromatic carbocycles. The highest BCUT2D eigenvalue weighted by Gasteiger charge is 2.53. The number of aryl methyl sites for hydroxylation is 1. The van der Waals surface area contributed by atoms with Crippen LogP contribution in [0.4, 0.5) is 4.39 Å². The van der Waals surface area contributed by atoms with Crippen LogP contribution in [0.15, 0.2) is 115 Å². The highest BCUT2D eigenvalue weighted by atomic mass is 28.3. The van der Waals surface area contributed by atoms with Gasteiger partial charge >= 0.3 is 0 Å². The molecule has 2 unspecified atom stereocenters. The Kier molecular flexibility index (Phi) is 8.88. The molecule has 2 aliphatic rings. The van der Waals surface area contributed by atoms with Crippen LogP contribution < -0.4 is 0 Å². The van der Waals surface area contributed by atoms with Crippen LogP contribution in [0.3, 0.4) is 0 Å². The largest absolute Gasteiger partial charge is 0.376 e. The molecule has 2 nitrogen and oxygen atoms in total. The number of hydrogen-bond donors (Lipinski definition) is 0. The first-order valence-corrected chi connectivity index (χ1v) is 21.8. The van der Waals surface area contributed by atoms with Gasteiger partial charge in [0.15, 0.2) is 0 Å². The molecule has 0 fully saturated rings. The second kappa shape index (κ2) is 13.4. The molecule has 4 heteroatoms. The van der Waals surface area contributed by atoms with E-state index in [0.717, 1.165) is 18.6 Å². The SMILES string of the molecule is Cc1ccc2c(c1)c1c(n2Cc2ccccc2F)-c2ccccc2C1[Si](C)(CCCCCCOC(C)(C)C)C1c2ccccc2-c2ccccc21. The predicted octanol–water partition coefficient (Wildman–Crippen LogP) is 12.6. The number of aromatic nitrogens is 1. The zero-order chi connectivity index (χ0) is 35.3. The summed E-state index contributed by atoms with van der Waals surface area (Å²) < 4.78 is 23.9. The van der Waals surface area contributed by atoms with Gasteiger partial charge in [-0.1, -0.05) is 134 Å². The van der Waals surface area contributed by atoms with E-state index in [9.17, 15) is 0 Å². The lowest BCUT2D eigenvalue weighted by atomic mass is 10.1. The monoisotopic (exact) mass is 691 g/mol. The van der Waals surface area contributed by atoms with Crippen molar-refractivity contribution in [3.8, 4) is 22.4 Å². The van der Waals surface area contributed by atoms with Crippen LogP contribution >= 0.6 is 0 Å². The minimum Gasteiger partial charge on any atom is -0.376 e. The van der Waals surface area contributed by atoms with E-state index >= 15 is 4.39 Å². The first kappa shape index (κ1) is 33.9. The summed E-state index contributed by atoms with van der Waals surface area (Å²) in [5.74, 6) is -0.144. The molecule has 260 valence electrons. The number of benzene rings is 5. The summed E-state index contributed by atoms with van der Waals surface area (Å²) >= 11 is 0. The van der Waals surface area contributed by atoms with Gasteiger partial charge in [0.1, 0.15) is 5.82 Å². The number of ether oxygens (including phenoxy) is 1. The Balaban J connectivity index is 1.30. The van der Waals surface area contributed by atoms with Gasteiger partial charge in [-0.2, -0.15) is 0 Å². The van der Waals surface area contributed by atoms with Crippen molar-refractivity contribution >= 4 is 19.0 Å². The summed E-state index contributed by atoms with van der Waals surface area (Å²) in [4.78, 5) is 0. The van der Waals surface area contributed by atoms with E-state index in [0.29, 0.717) is 17.6 Å². The Hall–Kier alpha value is -4.25. The lowest BCUT2D eigenvalue weighted by Gasteiger charge is -2.41. The van der Waals surface area contributed by atoms with Crippen molar-refractivity contribution in [1.29, 1.82) is 0 Å². The predicted molar refractivity (Wildman–Crippen MR) is 214 cm³/mol. The molecule has 0 bridgehead atoms. The Bertz CT molecular complexity index is 2180. The Labute approximate surface area is 304 Å². The molecule has 1 aromatic heterocycles. The van der Waals surface area contributed by atoms with Crippen molar-refractivity contribution in [3.05, 3.63) is 154 Å². The van der Waals surface area contributed by atoms with Gasteiger partial charge in [-0.05, 0) is 85.7 Å². The molecule has 0 spiro atoms. The molecule has 6 aromatic rings. The molecule has 0 saturated heterocycles. The van der Waals surface area contributed by atoms with Crippen LogP contribution in [0.25, 0.3) is 33.3 Å². The average Bonchev–Trinajstić information content (AvgIpc) is 3.74. The van der Waals surface area contributed by atoms with Gasteiger partial charge in [0.05, 0.1) is 25.9 Å². The van der Waals surface area contributed by atoms with E-state index < -0.39 is 8.07 Å². The van der Waals surface area contributed by atoms with Crippen LogP contribution in [0, 0.1) is 12.7 Å². The molecule has 1 heterocycles. The van der Waals surface area contributed by atoms with E-state index in [1.54, 1.807) is 12.1 Å². The number of halogens is 1. The molecule has 51 heavy (non-hydrogen) atoms. The maximum Gasteiger partial charge on any atom is 0.128 e. The van der Waals surface area contributed by atoms with Crippen LogP contribution in [0.5, 0.6) is 0 Å². The zero-order valence-corrected chi connectivity index (χ0v) is 31.8. The molecule has 0 saturated carbocycles. The third-order valence-electron chi connectivity index (χ3n) is 11.7. The standard InChI is InChI=1S/C47H50FNOSi/c1-32-26-27-42-40(30-32)43-44(49(42)31-33-18-8-15-25-41(33)48)36-21-11-14-24-39(36)46(43)51(5,29-17-7-6-16-28-50-47(2,3)4)45-37-22-12-9-19-34(37)35-20-10-13-23-38(35)45/h8-15,18-27,30,45-46H,6-7,16-17,28-29,31H2,1-5H3. The molecule has 2 atom stereocenters. The third-order valence-corrected chi connectivity index (χ3v) is 16.9. The van der Waals surface area contributed by atoms with Gasteiger partial charge in [0.25, 0.3) is 0 Å². The average molecular weight is 692 g/mol. The molecule has 0 aliphatic heterocycles. The summed E-state index contributed by atoms with van der Waals surface area (Å²) in [7, 11) is -2.33. The number of nitrogens with zero attached hydrogens (tertiary/aromatic N) is 1. The summed E-state index contributed by atoms with van der Waals surface area (Å²) in [6.45, 7) is 12.7. The number of rotatable bonds is 11. The summed E-state index contributed by atoms with van der Waals surface area (Å²) in [6, 6.07) is 43.0. The first-order valence-electron chi connectivity index (χ1n) is 18.9. The van der Waals surface area contributed by atoms with Gasteiger partial charge in [-0.3, -0.25) is 0 Å². The van der Waals surface area contributed by atoms with Gasteiger partial charge in [0.2, 0.25) is 0 Å². The molecule has 0 N–H and O–H groups in total. The van der Waals surface area contributed by atoms with Gasteiger partial charge in [0, 0.05) is 39.7 Å². The zero-order valence-electron chi connectivity index (χ0n) is 30.8. The lowest BCUT2D eigenvalue weighted by Crippen LogP contribution is -2.45. The van der Waals surface area contributed by atoms with E-state index in [1.807, 2.05) is 12.1 Å². The third kappa shape index (κ3) is 6.00. The number of unbranched alkanes of at least 4 members (excludes halogenated alkanes) is 3.